The first-order valence-corrected chi connectivity index (χ1v) is 9.71. The largest absolute Gasteiger partial charge is 0.356 e. The fraction of sp³-hybridized carbons (Fsp3) is 0.200. The first-order chi connectivity index (χ1) is 12.6. The first kappa shape index (κ1) is 16.0. The third-order valence-electron chi connectivity index (χ3n) is 5.42. The summed E-state index contributed by atoms with van der Waals surface area (Å²) in [5.41, 5.74) is 4.57. The topological polar surface area (TPSA) is 39.3 Å². The van der Waals surface area contributed by atoms with Crippen LogP contribution in [0, 0.1) is 0 Å². The molecule has 2 aliphatic heterocycles. The zero-order chi connectivity index (χ0) is 18.0. The van der Waals surface area contributed by atoms with Crippen LogP contribution in [-0.2, 0) is 11.2 Å². The number of nitrogens with zero attached hydrogens (tertiary/aromatic N) is 2. The van der Waals surface area contributed by atoms with Crippen LogP contribution in [0.3, 0.4) is 0 Å². The quantitative estimate of drug-likeness (QED) is 0.598. The van der Waals surface area contributed by atoms with Crippen molar-refractivity contribution in [2.24, 2.45) is 0 Å². The molecule has 1 aromatic heterocycles. The Bertz CT molecular complexity index is 1080. The van der Waals surface area contributed by atoms with Gasteiger partial charge < -0.3 is 9.88 Å². The van der Waals surface area contributed by atoms with Gasteiger partial charge in [-0.05, 0) is 41.5 Å². The highest BCUT2D eigenvalue weighted by Crippen LogP contribution is 2.44. The number of rotatable bonds is 1. The fourth-order valence-electron chi connectivity index (χ4n) is 4.23. The maximum atomic E-state index is 12.8. The second kappa shape index (κ2) is 5.66. The van der Waals surface area contributed by atoms with E-state index in [0.29, 0.717) is 11.5 Å². The number of nitrogens with one attached hydrogen (secondary N) is 1. The van der Waals surface area contributed by atoms with Crippen LogP contribution in [0.1, 0.15) is 22.9 Å². The number of likely N-dealkylation sites (N-methyl/N-ethyl adjacent to an activating group) is 1. The van der Waals surface area contributed by atoms with Crippen molar-refractivity contribution in [1.82, 2.24) is 14.8 Å². The van der Waals surface area contributed by atoms with Crippen molar-refractivity contribution in [3.8, 4) is 0 Å². The van der Waals surface area contributed by atoms with E-state index < -0.39 is 0 Å². The lowest BCUT2D eigenvalue weighted by atomic mass is 9.89. The van der Waals surface area contributed by atoms with Gasteiger partial charge >= 0.3 is 0 Å². The van der Waals surface area contributed by atoms with Crippen LogP contribution in [0.25, 0.3) is 10.9 Å². The minimum atomic E-state index is -0.247. The molecular formula is C20H16BrN3OS. The molecule has 5 rings (SSSR count). The molecule has 0 radical (unpaired) electrons. The summed E-state index contributed by atoms with van der Waals surface area (Å²) in [5, 5.41) is 1.78. The van der Waals surface area contributed by atoms with E-state index in [1.807, 2.05) is 24.3 Å². The van der Waals surface area contributed by atoms with Crippen LogP contribution in [0.4, 0.5) is 0 Å². The number of hydrogen-bond acceptors (Lipinski definition) is 2. The highest BCUT2D eigenvalue weighted by molar-refractivity contribution is 9.10. The minimum absolute atomic E-state index is 0.0749. The average molecular weight is 426 g/mol. The molecule has 3 aromatic rings. The molecule has 2 aliphatic rings. The van der Waals surface area contributed by atoms with Crippen molar-refractivity contribution < 1.29 is 4.79 Å². The Morgan fingerprint density at radius 1 is 1.19 bits per heavy atom. The molecule has 1 fully saturated rings. The number of aromatic amines is 1. The Morgan fingerprint density at radius 2 is 2.00 bits per heavy atom. The molecule has 0 bridgehead atoms. The molecule has 4 nitrogen and oxygen atoms in total. The van der Waals surface area contributed by atoms with E-state index in [1.165, 1.54) is 10.9 Å². The van der Waals surface area contributed by atoms with Crippen molar-refractivity contribution in [2.75, 3.05) is 7.05 Å². The van der Waals surface area contributed by atoms with Gasteiger partial charge in [0.15, 0.2) is 5.11 Å². The van der Waals surface area contributed by atoms with Crippen LogP contribution < -0.4 is 0 Å². The summed E-state index contributed by atoms with van der Waals surface area (Å²) in [6.07, 6.45) is 0.674. The van der Waals surface area contributed by atoms with E-state index in [2.05, 4.69) is 50.1 Å². The number of carbonyl (C=O) groups excluding carboxylic acids is 1. The SMILES string of the molecule is CN1C(=O)C2Cc3c([nH]c4ccccc34)C(c3cccc(Br)c3)N2C1=S. The van der Waals surface area contributed by atoms with Crippen molar-refractivity contribution in [1.29, 1.82) is 0 Å². The maximum Gasteiger partial charge on any atom is 0.251 e. The Morgan fingerprint density at radius 3 is 2.81 bits per heavy atom. The molecule has 6 heteroatoms. The molecule has 1 amide bonds. The zero-order valence-corrected chi connectivity index (χ0v) is 16.5. The molecule has 3 heterocycles. The van der Waals surface area contributed by atoms with E-state index in [-0.39, 0.29) is 18.0 Å². The first-order valence-electron chi connectivity index (χ1n) is 8.51. The van der Waals surface area contributed by atoms with Crippen molar-refractivity contribution in [3.05, 3.63) is 69.8 Å². The highest BCUT2D eigenvalue weighted by Gasteiger charge is 2.49. The van der Waals surface area contributed by atoms with Gasteiger partial charge in [0, 0.05) is 34.5 Å². The van der Waals surface area contributed by atoms with Gasteiger partial charge in [-0.15, -0.1) is 0 Å². The molecule has 0 spiro atoms. The van der Waals surface area contributed by atoms with Crippen LogP contribution in [0.5, 0.6) is 0 Å². The van der Waals surface area contributed by atoms with Gasteiger partial charge in [0.2, 0.25) is 0 Å². The number of amides is 1. The van der Waals surface area contributed by atoms with Gasteiger partial charge in [0.25, 0.3) is 5.91 Å². The summed E-state index contributed by atoms with van der Waals surface area (Å²) in [6.45, 7) is 0. The summed E-state index contributed by atoms with van der Waals surface area (Å²) >= 11 is 9.22. The van der Waals surface area contributed by atoms with Gasteiger partial charge in [-0.3, -0.25) is 9.69 Å². The lowest BCUT2D eigenvalue weighted by molar-refractivity contribution is -0.127. The lowest BCUT2D eigenvalue weighted by Crippen LogP contribution is -2.44. The third-order valence-corrected chi connectivity index (χ3v) is 6.40. The molecule has 0 aliphatic carbocycles. The Hall–Kier alpha value is -2.18. The number of carbonyl (C=O) groups is 1. The number of aromatic nitrogens is 1. The van der Waals surface area contributed by atoms with E-state index in [0.717, 1.165) is 21.2 Å². The molecule has 2 aromatic carbocycles. The molecular weight excluding hydrogens is 410 g/mol. The van der Waals surface area contributed by atoms with Gasteiger partial charge in [0.1, 0.15) is 6.04 Å². The number of halogens is 1. The number of H-pyrrole nitrogens is 1. The minimum Gasteiger partial charge on any atom is -0.356 e. The van der Waals surface area contributed by atoms with E-state index >= 15 is 0 Å². The molecule has 2 unspecified atom stereocenters. The lowest BCUT2D eigenvalue weighted by Gasteiger charge is -2.37. The van der Waals surface area contributed by atoms with E-state index in [4.69, 9.17) is 12.2 Å². The van der Waals surface area contributed by atoms with Crippen molar-refractivity contribution in [3.63, 3.8) is 0 Å². The zero-order valence-electron chi connectivity index (χ0n) is 14.1. The van der Waals surface area contributed by atoms with Gasteiger partial charge in [-0.25, -0.2) is 0 Å². The Balaban J connectivity index is 1.79. The highest BCUT2D eigenvalue weighted by atomic mass is 79.9. The van der Waals surface area contributed by atoms with Gasteiger partial charge in [0.05, 0.1) is 6.04 Å². The van der Waals surface area contributed by atoms with E-state index in [9.17, 15) is 4.79 Å². The van der Waals surface area contributed by atoms with Crippen LogP contribution in [-0.4, -0.2) is 38.9 Å². The number of fused-ring (bicyclic) bond motifs is 4. The smallest absolute Gasteiger partial charge is 0.251 e. The molecule has 130 valence electrons. The van der Waals surface area contributed by atoms with Gasteiger partial charge in [-0.1, -0.05) is 46.3 Å². The predicted molar refractivity (Wildman–Crippen MR) is 109 cm³/mol. The fourth-order valence-corrected chi connectivity index (χ4v) is 4.97. The van der Waals surface area contributed by atoms with Gasteiger partial charge in [-0.2, -0.15) is 0 Å². The Kier molecular flexibility index (Phi) is 3.49. The molecule has 1 saturated heterocycles. The monoisotopic (exact) mass is 425 g/mol. The van der Waals surface area contributed by atoms with Crippen LogP contribution in [0.15, 0.2) is 53.0 Å². The predicted octanol–water partition coefficient (Wildman–Crippen LogP) is 4.00. The molecule has 1 N–H and O–H groups in total. The van der Waals surface area contributed by atoms with E-state index in [1.54, 1.807) is 11.9 Å². The summed E-state index contributed by atoms with van der Waals surface area (Å²) in [7, 11) is 1.77. The second-order valence-electron chi connectivity index (χ2n) is 6.83. The summed E-state index contributed by atoms with van der Waals surface area (Å²) < 4.78 is 1.01. The maximum absolute atomic E-state index is 12.8. The normalized spacial score (nSPS) is 22.1. The van der Waals surface area contributed by atoms with Crippen molar-refractivity contribution >= 4 is 50.1 Å². The number of hydrogen-bond donors (Lipinski definition) is 1. The number of para-hydroxylation sites is 1. The third kappa shape index (κ3) is 2.12. The summed E-state index contributed by atoms with van der Waals surface area (Å²) in [5.74, 6) is 0.0749. The number of benzene rings is 2. The standard InChI is InChI=1S/C20H16BrN3OS/c1-23-19(25)16-10-14-13-7-2-3-8-15(13)22-17(14)18(24(16)20(23)26)11-5-4-6-12(21)9-11/h2-9,16,18,22H,10H2,1H3. The Labute approximate surface area is 164 Å². The van der Waals surface area contributed by atoms with Crippen LogP contribution >= 0.6 is 28.1 Å². The summed E-state index contributed by atoms with van der Waals surface area (Å²) in [6, 6.07) is 16.2. The van der Waals surface area contributed by atoms with Crippen LogP contribution in [0.2, 0.25) is 0 Å². The summed E-state index contributed by atoms with van der Waals surface area (Å²) in [4.78, 5) is 20.1. The number of thiocarbonyl (C=S) groups is 1. The van der Waals surface area contributed by atoms with Crippen molar-refractivity contribution in [2.45, 2.75) is 18.5 Å². The second-order valence-corrected chi connectivity index (χ2v) is 8.11. The molecule has 26 heavy (non-hydrogen) atoms. The average Bonchev–Trinajstić information content (AvgIpc) is 3.12. The molecule has 2 atom stereocenters. The molecule has 0 saturated carbocycles.